The van der Waals surface area contributed by atoms with E-state index in [4.69, 9.17) is 4.74 Å². The minimum atomic E-state index is -0.455. The number of ether oxygens (including phenoxy) is 1. The predicted octanol–water partition coefficient (Wildman–Crippen LogP) is 4.12. The molecule has 2 aromatic rings. The lowest BCUT2D eigenvalue weighted by molar-refractivity contribution is 0.0732. The van der Waals surface area contributed by atoms with Gasteiger partial charge < -0.3 is 4.74 Å². The second-order valence-electron chi connectivity index (χ2n) is 4.96. The highest BCUT2D eigenvalue weighted by Gasteiger charge is 2.16. The minimum Gasteiger partial charge on any atom is -0.422 e. The highest BCUT2D eigenvalue weighted by Crippen LogP contribution is 2.25. The van der Waals surface area contributed by atoms with Gasteiger partial charge in [0.05, 0.1) is 11.1 Å². The zero-order valence-corrected chi connectivity index (χ0v) is 12.5. The summed E-state index contributed by atoms with van der Waals surface area (Å²) in [4.78, 5) is 24.2. The average Bonchev–Trinajstić information content (AvgIpc) is 2.50. The monoisotopic (exact) mass is 282 g/mol. The first-order valence-corrected chi connectivity index (χ1v) is 6.94. The Morgan fingerprint density at radius 3 is 2.24 bits per heavy atom. The maximum Gasteiger partial charge on any atom is 0.343 e. The Kier molecular flexibility index (Phi) is 4.53. The molecule has 0 saturated carbocycles. The quantitative estimate of drug-likeness (QED) is 0.481. The molecule has 0 aliphatic heterocycles. The van der Waals surface area contributed by atoms with Crippen molar-refractivity contribution in [1.82, 2.24) is 0 Å². The van der Waals surface area contributed by atoms with Crippen LogP contribution in [0.25, 0.3) is 0 Å². The van der Waals surface area contributed by atoms with Gasteiger partial charge in [0.2, 0.25) is 0 Å². The van der Waals surface area contributed by atoms with Crippen molar-refractivity contribution >= 4 is 11.8 Å². The Labute approximate surface area is 124 Å². The summed E-state index contributed by atoms with van der Waals surface area (Å²) in [5, 5.41) is 0. The van der Waals surface area contributed by atoms with E-state index < -0.39 is 5.97 Å². The van der Waals surface area contributed by atoms with Crippen LogP contribution < -0.4 is 4.74 Å². The van der Waals surface area contributed by atoms with E-state index in [2.05, 4.69) is 0 Å². The molecule has 0 aliphatic rings. The number of carbonyl (C=O) groups is 2. The number of esters is 1. The molecule has 2 aromatic carbocycles. The number of ketones is 1. The van der Waals surface area contributed by atoms with Crippen LogP contribution in [0.4, 0.5) is 0 Å². The third-order valence-corrected chi connectivity index (χ3v) is 3.43. The van der Waals surface area contributed by atoms with E-state index in [0.717, 1.165) is 11.1 Å². The molecule has 0 aromatic heterocycles. The largest absolute Gasteiger partial charge is 0.422 e. The van der Waals surface area contributed by atoms with Crippen molar-refractivity contribution in [3.05, 3.63) is 64.7 Å². The first kappa shape index (κ1) is 15.0. The Bertz CT molecular complexity index is 672. The molecule has 0 atom stereocenters. The molecule has 0 N–H and O–H groups in total. The van der Waals surface area contributed by atoms with Gasteiger partial charge >= 0.3 is 5.97 Å². The van der Waals surface area contributed by atoms with Gasteiger partial charge in [-0.15, -0.1) is 0 Å². The van der Waals surface area contributed by atoms with Crippen molar-refractivity contribution in [3.63, 3.8) is 0 Å². The van der Waals surface area contributed by atoms with Gasteiger partial charge in [0.1, 0.15) is 5.75 Å². The van der Waals surface area contributed by atoms with Crippen molar-refractivity contribution in [2.45, 2.75) is 27.2 Å². The Balaban J connectivity index is 2.37. The SMILES string of the molecule is CCC(=O)c1cc(C)c(C)cc1OC(=O)c1ccccc1. The normalized spacial score (nSPS) is 10.2. The summed E-state index contributed by atoms with van der Waals surface area (Å²) in [5.74, 6) is -0.156. The number of carbonyl (C=O) groups excluding carboxylic acids is 2. The number of rotatable bonds is 4. The number of hydrogen-bond donors (Lipinski definition) is 0. The number of hydrogen-bond acceptors (Lipinski definition) is 3. The lowest BCUT2D eigenvalue weighted by Gasteiger charge is -2.12. The minimum absolute atomic E-state index is 0.0334. The van der Waals surface area contributed by atoms with Crippen molar-refractivity contribution in [2.75, 3.05) is 0 Å². The van der Waals surface area contributed by atoms with Crippen LogP contribution in [0.15, 0.2) is 42.5 Å². The van der Waals surface area contributed by atoms with E-state index in [0.29, 0.717) is 23.3 Å². The summed E-state index contributed by atoms with van der Waals surface area (Å²) < 4.78 is 5.43. The molecule has 108 valence electrons. The fraction of sp³-hybridized carbons (Fsp3) is 0.222. The van der Waals surface area contributed by atoms with Crippen molar-refractivity contribution < 1.29 is 14.3 Å². The fourth-order valence-corrected chi connectivity index (χ4v) is 2.02. The average molecular weight is 282 g/mol. The van der Waals surface area contributed by atoms with Gasteiger partial charge in [-0.2, -0.15) is 0 Å². The molecule has 3 heteroatoms. The molecule has 0 heterocycles. The van der Waals surface area contributed by atoms with Crippen molar-refractivity contribution in [1.29, 1.82) is 0 Å². The molecular formula is C18H18O3. The summed E-state index contributed by atoms with van der Waals surface area (Å²) >= 11 is 0. The molecule has 0 spiro atoms. The van der Waals surface area contributed by atoms with Gasteiger partial charge in [-0.3, -0.25) is 4.79 Å². The molecule has 0 fully saturated rings. The van der Waals surface area contributed by atoms with Gasteiger partial charge in [0, 0.05) is 6.42 Å². The first-order chi connectivity index (χ1) is 10.0. The van der Waals surface area contributed by atoms with Crippen LogP contribution in [0, 0.1) is 13.8 Å². The standard InChI is InChI=1S/C18H18O3/c1-4-16(19)15-10-12(2)13(3)11-17(15)21-18(20)14-8-6-5-7-9-14/h5-11H,4H2,1-3H3. The van der Waals surface area contributed by atoms with Gasteiger partial charge in [0.25, 0.3) is 0 Å². The predicted molar refractivity (Wildman–Crippen MR) is 81.9 cm³/mol. The molecule has 3 nitrogen and oxygen atoms in total. The molecule has 0 amide bonds. The molecule has 0 unspecified atom stereocenters. The van der Waals surface area contributed by atoms with Gasteiger partial charge in [-0.1, -0.05) is 25.1 Å². The Morgan fingerprint density at radius 2 is 1.62 bits per heavy atom. The van der Waals surface area contributed by atoms with Gasteiger partial charge in [-0.05, 0) is 49.2 Å². The maximum atomic E-state index is 12.1. The molecule has 0 bridgehead atoms. The molecule has 0 radical (unpaired) electrons. The lowest BCUT2D eigenvalue weighted by atomic mass is 10.0. The number of aryl methyl sites for hydroxylation is 2. The summed E-state index contributed by atoms with van der Waals surface area (Å²) in [6.45, 7) is 5.65. The number of benzene rings is 2. The summed E-state index contributed by atoms with van der Waals surface area (Å²) in [6, 6.07) is 12.3. The van der Waals surface area contributed by atoms with Crippen LogP contribution >= 0.6 is 0 Å². The second kappa shape index (κ2) is 6.35. The van der Waals surface area contributed by atoms with Crippen LogP contribution in [0.1, 0.15) is 45.2 Å². The number of Topliss-reactive ketones (excluding diaryl/α,β-unsaturated/α-hetero) is 1. The Morgan fingerprint density at radius 1 is 1.00 bits per heavy atom. The molecular weight excluding hydrogens is 264 g/mol. The van der Waals surface area contributed by atoms with Crippen LogP contribution in [-0.4, -0.2) is 11.8 Å². The van der Waals surface area contributed by atoms with E-state index in [1.807, 2.05) is 19.9 Å². The molecule has 21 heavy (non-hydrogen) atoms. The van der Waals surface area contributed by atoms with E-state index in [1.165, 1.54) is 0 Å². The summed E-state index contributed by atoms with van der Waals surface area (Å²) in [7, 11) is 0. The first-order valence-electron chi connectivity index (χ1n) is 6.94. The molecule has 2 rings (SSSR count). The lowest BCUT2D eigenvalue weighted by Crippen LogP contribution is -2.12. The van der Waals surface area contributed by atoms with E-state index in [1.54, 1.807) is 43.3 Å². The van der Waals surface area contributed by atoms with Gasteiger partial charge in [0.15, 0.2) is 5.78 Å². The smallest absolute Gasteiger partial charge is 0.343 e. The van der Waals surface area contributed by atoms with E-state index in [-0.39, 0.29) is 5.78 Å². The third-order valence-electron chi connectivity index (χ3n) is 3.43. The van der Waals surface area contributed by atoms with Crippen molar-refractivity contribution in [2.24, 2.45) is 0 Å². The Hall–Kier alpha value is -2.42. The summed E-state index contributed by atoms with van der Waals surface area (Å²) in [6.07, 6.45) is 0.373. The zero-order valence-electron chi connectivity index (χ0n) is 12.5. The molecule has 0 aliphatic carbocycles. The zero-order chi connectivity index (χ0) is 15.4. The van der Waals surface area contributed by atoms with Gasteiger partial charge in [-0.25, -0.2) is 4.79 Å². The van der Waals surface area contributed by atoms with Crippen LogP contribution in [0.3, 0.4) is 0 Å². The maximum absolute atomic E-state index is 12.1. The van der Waals surface area contributed by atoms with Crippen LogP contribution in [0.2, 0.25) is 0 Å². The highest BCUT2D eigenvalue weighted by molar-refractivity contribution is 6.00. The third kappa shape index (κ3) is 3.37. The van der Waals surface area contributed by atoms with Crippen LogP contribution in [0.5, 0.6) is 5.75 Å². The molecule has 0 saturated heterocycles. The van der Waals surface area contributed by atoms with E-state index in [9.17, 15) is 9.59 Å². The second-order valence-corrected chi connectivity index (χ2v) is 4.96. The summed E-state index contributed by atoms with van der Waals surface area (Å²) in [5.41, 5.74) is 2.92. The topological polar surface area (TPSA) is 43.4 Å². The highest BCUT2D eigenvalue weighted by atomic mass is 16.5. The van der Waals surface area contributed by atoms with Crippen molar-refractivity contribution in [3.8, 4) is 5.75 Å². The van der Waals surface area contributed by atoms with Crippen LogP contribution in [-0.2, 0) is 0 Å². The fourth-order valence-electron chi connectivity index (χ4n) is 2.02. The van der Waals surface area contributed by atoms with E-state index >= 15 is 0 Å².